The maximum absolute atomic E-state index is 12.8. The minimum Gasteiger partial charge on any atom is -0.479 e. The topological polar surface area (TPSA) is 79.8 Å². The summed E-state index contributed by atoms with van der Waals surface area (Å²) >= 11 is 13.5. The number of halogens is 2. The number of hydrogen-bond donors (Lipinski definition) is 2. The fourth-order valence-corrected chi connectivity index (χ4v) is 3.80. The molecule has 0 aliphatic heterocycles. The van der Waals surface area contributed by atoms with Crippen LogP contribution in [0.4, 0.5) is 0 Å². The lowest BCUT2D eigenvalue weighted by molar-refractivity contribution is -0.132. The molecule has 1 heterocycles. The van der Waals surface area contributed by atoms with E-state index in [0.717, 1.165) is 10.4 Å². The normalized spacial score (nSPS) is 12.8. The van der Waals surface area contributed by atoms with Gasteiger partial charge in [0.05, 0.1) is 11.2 Å². The van der Waals surface area contributed by atoms with Crippen LogP contribution in [0.5, 0.6) is 5.75 Å². The van der Waals surface area contributed by atoms with Crippen molar-refractivity contribution in [2.75, 3.05) is 0 Å². The van der Waals surface area contributed by atoms with E-state index in [2.05, 4.69) is 15.8 Å². The van der Waals surface area contributed by atoms with Crippen LogP contribution in [-0.4, -0.2) is 30.2 Å². The number of benzene rings is 2. The van der Waals surface area contributed by atoms with Crippen LogP contribution in [0.15, 0.2) is 71.1 Å². The first-order valence-electron chi connectivity index (χ1n) is 9.75. The first-order chi connectivity index (χ1) is 15.4. The number of hydrazone groups is 1. The number of hydrogen-bond acceptors (Lipinski definition) is 5. The highest BCUT2D eigenvalue weighted by molar-refractivity contribution is 7.11. The molecule has 0 aliphatic carbocycles. The van der Waals surface area contributed by atoms with Gasteiger partial charge in [0.25, 0.3) is 11.8 Å². The van der Waals surface area contributed by atoms with Crippen molar-refractivity contribution < 1.29 is 14.3 Å². The van der Waals surface area contributed by atoms with Crippen molar-refractivity contribution in [3.05, 3.63) is 86.5 Å². The van der Waals surface area contributed by atoms with Gasteiger partial charge in [-0.1, -0.05) is 59.6 Å². The zero-order chi connectivity index (χ0) is 22.9. The molecular formula is C23H21Cl2N3O3S. The van der Waals surface area contributed by atoms with Crippen LogP contribution in [0.3, 0.4) is 0 Å². The van der Waals surface area contributed by atoms with Gasteiger partial charge >= 0.3 is 0 Å². The molecule has 2 aromatic carbocycles. The van der Waals surface area contributed by atoms with Gasteiger partial charge in [-0.15, -0.1) is 11.3 Å². The van der Waals surface area contributed by atoms with E-state index in [1.807, 2.05) is 47.8 Å². The Morgan fingerprint density at radius 1 is 1.09 bits per heavy atom. The summed E-state index contributed by atoms with van der Waals surface area (Å²) in [6, 6.07) is 17.0. The molecule has 0 spiro atoms. The van der Waals surface area contributed by atoms with Crippen molar-refractivity contribution in [1.82, 2.24) is 10.7 Å². The zero-order valence-electron chi connectivity index (χ0n) is 17.1. The average Bonchev–Trinajstić information content (AvgIpc) is 3.29. The van der Waals surface area contributed by atoms with Gasteiger partial charge in [-0.25, -0.2) is 5.43 Å². The van der Waals surface area contributed by atoms with Gasteiger partial charge in [-0.05, 0) is 42.1 Å². The molecule has 32 heavy (non-hydrogen) atoms. The minimum absolute atomic E-state index is 0.290. The third kappa shape index (κ3) is 7.09. The Bertz CT molecular complexity index is 1080. The van der Waals surface area contributed by atoms with Gasteiger partial charge in [0.2, 0.25) is 0 Å². The molecule has 6 nitrogen and oxygen atoms in total. The maximum atomic E-state index is 12.8. The van der Waals surface area contributed by atoms with Gasteiger partial charge in [-0.2, -0.15) is 5.10 Å². The summed E-state index contributed by atoms with van der Waals surface area (Å²) in [5.41, 5.74) is 3.39. The lowest BCUT2D eigenvalue weighted by Gasteiger charge is -2.21. The Hall–Kier alpha value is -2.87. The summed E-state index contributed by atoms with van der Waals surface area (Å²) in [5.74, 6) is -0.579. The predicted octanol–water partition coefficient (Wildman–Crippen LogP) is 4.70. The molecule has 0 saturated heterocycles. The van der Waals surface area contributed by atoms with Crippen molar-refractivity contribution in [2.45, 2.75) is 25.5 Å². The summed E-state index contributed by atoms with van der Waals surface area (Å²) in [6.45, 7) is 1.58. The fourth-order valence-electron chi connectivity index (χ4n) is 2.77. The second-order valence-corrected chi connectivity index (χ2v) is 8.66. The molecule has 3 aromatic rings. The highest BCUT2D eigenvalue weighted by atomic mass is 35.5. The van der Waals surface area contributed by atoms with Crippen molar-refractivity contribution in [3.63, 3.8) is 0 Å². The molecule has 0 fully saturated rings. The fraction of sp³-hybridized carbons (Fsp3) is 0.174. The molecule has 0 aliphatic rings. The van der Waals surface area contributed by atoms with Crippen LogP contribution >= 0.6 is 34.5 Å². The highest BCUT2D eigenvalue weighted by Gasteiger charge is 2.25. The number of carbonyl (C=O) groups excluding carboxylic acids is 2. The lowest BCUT2D eigenvalue weighted by atomic mass is 10.1. The molecular weight excluding hydrogens is 469 g/mol. The minimum atomic E-state index is -0.894. The number of nitrogens with zero attached hydrogens (tertiary/aromatic N) is 1. The van der Waals surface area contributed by atoms with Crippen LogP contribution in [0.2, 0.25) is 10.0 Å². The number of thiophene rings is 1. The van der Waals surface area contributed by atoms with E-state index in [1.54, 1.807) is 25.3 Å². The molecule has 2 atom stereocenters. The van der Waals surface area contributed by atoms with Crippen molar-refractivity contribution in [3.8, 4) is 5.75 Å². The number of ether oxygens (including phenoxy) is 1. The second kappa shape index (κ2) is 11.7. The number of carbonyl (C=O) groups is 2. The van der Waals surface area contributed by atoms with E-state index >= 15 is 0 Å². The van der Waals surface area contributed by atoms with E-state index < -0.39 is 24.0 Å². The van der Waals surface area contributed by atoms with Gasteiger partial charge in [-0.3, -0.25) is 9.59 Å². The quantitative estimate of drug-likeness (QED) is 0.337. The van der Waals surface area contributed by atoms with E-state index in [1.165, 1.54) is 17.4 Å². The van der Waals surface area contributed by atoms with E-state index in [9.17, 15) is 9.59 Å². The maximum Gasteiger partial charge on any atom is 0.262 e. The molecule has 2 amide bonds. The van der Waals surface area contributed by atoms with Crippen LogP contribution in [0.1, 0.15) is 17.4 Å². The van der Waals surface area contributed by atoms with Gasteiger partial charge in [0.1, 0.15) is 11.8 Å². The monoisotopic (exact) mass is 489 g/mol. The molecule has 9 heteroatoms. The van der Waals surface area contributed by atoms with E-state index in [0.29, 0.717) is 22.2 Å². The Balaban J connectivity index is 1.67. The second-order valence-electron chi connectivity index (χ2n) is 6.84. The van der Waals surface area contributed by atoms with Crippen LogP contribution in [0, 0.1) is 0 Å². The predicted molar refractivity (Wildman–Crippen MR) is 129 cm³/mol. The van der Waals surface area contributed by atoms with Crippen molar-refractivity contribution in [1.29, 1.82) is 0 Å². The lowest BCUT2D eigenvalue weighted by Crippen LogP contribution is -2.50. The molecule has 1 aromatic heterocycles. The van der Waals surface area contributed by atoms with E-state index in [-0.39, 0.29) is 0 Å². The summed E-state index contributed by atoms with van der Waals surface area (Å²) < 4.78 is 5.66. The molecule has 0 unspecified atom stereocenters. The zero-order valence-corrected chi connectivity index (χ0v) is 19.5. The number of rotatable bonds is 9. The Morgan fingerprint density at radius 2 is 1.88 bits per heavy atom. The SMILES string of the molecule is C[C@@H](Oc1ccc(Cl)cc1Cl)C(=O)N[C@H](Cc1ccccc1)C(=O)N/N=C\c1cccs1. The largest absolute Gasteiger partial charge is 0.479 e. The number of amides is 2. The Kier molecular flexibility index (Phi) is 8.67. The first-order valence-corrected chi connectivity index (χ1v) is 11.4. The molecule has 3 rings (SSSR count). The van der Waals surface area contributed by atoms with Crippen LogP contribution in [0.25, 0.3) is 0 Å². The van der Waals surface area contributed by atoms with Gasteiger partial charge < -0.3 is 10.1 Å². The molecule has 2 N–H and O–H groups in total. The third-order valence-electron chi connectivity index (χ3n) is 4.39. The van der Waals surface area contributed by atoms with Gasteiger partial charge in [0, 0.05) is 16.3 Å². The van der Waals surface area contributed by atoms with E-state index in [4.69, 9.17) is 27.9 Å². The molecule has 0 radical (unpaired) electrons. The average molecular weight is 490 g/mol. The highest BCUT2D eigenvalue weighted by Crippen LogP contribution is 2.28. The van der Waals surface area contributed by atoms with Gasteiger partial charge in [0.15, 0.2) is 6.10 Å². The summed E-state index contributed by atoms with van der Waals surface area (Å²) in [7, 11) is 0. The smallest absolute Gasteiger partial charge is 0.262 e. The Labute approximate surface area is 200 Å². The standard InChI is InChI=1S/C23H21Cl2N3O3S/c1-15(31-21-10-9-17(24)13-19(21)25)22(29)27-20(12-16-6-3-2-4-7-16)23(30)28-26-14-18-8-5-11-32-18/h2-11,13-15,20H,12H2,1H3,(H,27,29)(H,28,30)/b26-14-/t15-,20-/m1/s1. The van der Waals surface area contributed by atoms with Crippen molar-refractivity contribution >= 4 is 52.6 Å². The van der Waals surface area contributed by atoms with Crippen LogP contribution < -0.4 is 15.5 Å². The molecule has 166 valence electrons. The molecule has 0 bridgehead atoms. The first kappa shape index (κ1) is 23.8. The van der Waals surface area contributed by atoms with Crippen LogP contribution in [-0.2, 0) is 16.0 Å². The van der Waals surface area contributed by atoms with Crippen molar-refractivity contribution in [2.24, 2.45) is 5.10 Å². The Morgan fingerprint density at radius 3 is 2.56 bits per heavy atom. The third-order valence-corrected chi connectivity index (χ3v) is 5.73. The summed E-state index contributed by atoms with van der Waals surface area (Å²) in [4.78, 5) is 26.4. The number of nitrogens with one attached hydrogen (secondary N) is 2. The molecule has 0 saturated carbocycles. The summed E-state index contributed by atoms with van der Waals surface area (Å²) in [6.07, 6.45) is 0.953. The summed E-state index contributed by atoms with van der Waals surface area (Å²) in [5, 5.41) is 9.40.